The molecule has 1 radical (unpaired) electrons. The standard InChI is InChI=1S/C9H8NO/c11-6-8-5-7-3-1-2-4-9(7)10-8/h2-5,10-11H,6H2. The van der Waals surface area contributed by atoms with E-state index in [0.29, 0.717) is 0 Å². The monoisotopic (exact) mass is 146 g/mol. The van der Waals surface area contributed by atoms with Crippen LogP contribution in [-0.4, -0.2) is 10.1 Å². The zero-order chi connectivity index (χ0) is 7.68. The normalized spacial score (nSPS) is 10.6. The van der Waals surface area contributed by atoms with E-state index in [4.69, 9.17) is 5.11 Å². The molecule has 0 atom stereocenters. The number of benzene rings is 1. The third-order valence-electron chi connectivity index (χ3n) is 1.69. The number of nitrogens with one attached hydrogen (secondary N) is 1. The summed E-state index contributed by atoms with van der Waals surface area (Å²) in [4.78, 5) is 3.08. The van der Waals surface area contributed by atoms with Crippen molar-refractivity contribution < 1.29 is 5.11 Å². The van der Waals surface area contributed by atoms with Crippen LogP contribution in [0, 0.1) is 6.07 Å². The molecule has 2 nitrogen and oxygen atoms in total. The van der Waals surface area contributed by atoms with Crippen LogP contribution in [0.3, 0.4) is 0 Å². The second-order valence-electron chi connectivity index (χ2n) is 2.47. The maximum Gasteiger partial charge on any atom is 0.0831 e. The molecule has 2 N–H and O–H groups in total. The fourth-order valence-corrected chi connectivity index (χ4v) is 1.16. The van der Waals surface area contributed by atoms with Gasteiger partial charge in [0.25, 0.3) is 0 Å². The van der Waals surface area contributed by atoms with Gasteiger partial charge in [-0.15, -0.1) is 0 Å². The van der Waals surface area contributed by atoms with Gasteiger partial charge in [-0.25, -0.2) is 0 Å². The Balaban J connectivity index is 2.69. The fourth-order valence-electron chi connectivity index (χ4n) is 1.16. The van der Waals surface area contributed by atoms with Gasteiger partial charge in [-0.2, -0.15) is 0 Å². The first-order chi connectivity index (χ1) is 5.40. The first-order valence-electron chi connectivity index (χ1n) is 3.49. The summed E-state index contributed by atoms with van der Waals surface area (Å²) in [6, 6.07) is 10.6. The third-order valence-corrected chi connectivity index (χ3v) is 1.69. The molecule has 0 unspecified atom stereocenters. The highest BCUT2D eigenvalue weighted by molar-refractivity contribution is 5.79. The summed E-state index contributed by atoms with van der Waals surface area (Å²) in [5, 5.41) is 9.89. The van der Waals surface area contributed by atoms with E-state index in [9.17, 15) is 0 Å². The lowest BCUT2D eigenvalue weighted by Crippen LogP contribution is -1.78. The first kappa shape index (κ1) is 6.43. The Morgan fingerprint density at radius 1 is 1.55 bits per heavy atom. The molecule has 0 aliphatic heterocycles. The van der Waals surface area contributed by atoms with E-state index >= 15 is 0 Å². The van der Waals surface area contributed by atoms with E-state index in [1.165, 1.54) is 0 Å². The number of hydrogen-bond acceptors (Lipinski definition) is 1. The zero-order valence-electron chi connectivity index (χ0n) is 5.96. The van der Waals surface area contributed by atoms with Crippen LogP contribution < -0.4 is 0 Å². The van der Waals surface area contributed by atoms with Gasteiger partial charge in [0.15, 0.2) is 0 Å². The molecule has 0 spiro atoms. The van der Waals surface area contributed by atoms with E-state index in [1.54, 1.807) is 0 Å². The molecule has 2 heteroatoms. The van der Waals surface area contributed by atoms with Crippen molar-refractivity contribution in [2.45, 2.75) is 6.61 Å². The molecule has 1 heterocycles. The van der Waals surface area contributed by atoms with Crippen LogP contribution in [0.2, 0.25) is 0 Å². The van der Waals surface area contributed by atoms with Gasteiger partial charge >= 0.3 is 0 Å². The van der Waals surface area contributed by atoms with Crippen molar-refractivity contribution in [3.8, 4) is 0 Å². The number of rotatable bonds is 1. The predicted molar refractivity (Wildman–Crippen MR) is 43.1 cm³/mol. The number of H-pyrrole nitrogens is 1. The van der Waals surface area contributed by atoms with Crippen molar-refractivity contribution >= 4 is 10.9 Å². The smallest absolute Gasteiger partial charge is 0.0831 e. The number of aliphatic hydroxyl groups excluding tert-OH is 1. The number of aromatic amines is 1. The minimum Gasteiger partial charge on any atom is -0.390 e. The summed E-state index contributed by atoms with van der Waals surface area (Å²) in [5.74, 6) is 0. The lowest BCUT2D eigenvalue weighted by Gasteiger charge is -1.84. The zero-order valence-corrected chi connectivity index (χ0v) is 5.96. The van der Waals surface area contributed by atoms with Gasteiger partial charge < -0.3 is 10.1 Å². The molecule has 1 aromatic carbocycles. The summed E-state index contributed by atoms with van der Waals surface area (Å²) in [5.41, 5.74) is 1.90. The average molecular weight is 146 g/mol. The van der Waals surface area contributed by atoms with Gasteiger partial charge in [0.1, 0.15) is 0 Å². The Hall–Kier alpha value is -1.28. The largest absolute Gasteiger partial charge is 0.390 e. The van der Waals surface area contributed by atoms with Gasteiger partial charge in [-0.1, -0.05) is 6.07 Å². The molecule has 0 bridgehead atoms. The van der Waals surface area contributed by atoms with Gasteiger partial charge in [0, 0.05) is 16.6 Å². The van der Waals surface area contributed by atoms with Crippen LogP contribution in [0.25, 0.3) is 10.9 Å². The van der Waals surface area contributed by atoms with E-state index in [-0.39, 0.29) is 6.61 Å². The van der Waals surface area contributed by atoms with Crippen LogP contribution >= 0.6 is 0 Å². The Kier molecular flexibility index (Phi) is 1.40. The third kappa shape index (κ3) is 1.01. The maximum absolute atomic E-state index is 8.80. The van der Waals surface area contributed by atoms with Crippen molar-refractivity contribution in [3.63, 3.8) is 0 Å². The summed E-state index contributed by atoms with van der Waals surface area (Å²) < 4.78 is 0. The molecule has 0 saturated carbocycles. The molecule has 1 aromatic heterocycles. The molecule has 0 fully saturated rings. The predicted octanol–water partition coefficient (Wildman–Crippen LogP) is 1.46. The van der Waals surface area contributed by atoms with Crippen molar-refractivity contribution in [1.82, 2.24) is 4.98 Å². The van der Waals surface area contributed by atoms with Crippen molar-refractivity contribution in [3.05, 3.63) is 36.0 Å². The van der Waals surface area contributed by atoms with E-state index < -0.39 is 0 Å². The number of aromatic nitrogens is 1. The highest BCUT2D eigenvalue weighted by Gasteiger charge is 1.96. The molecule has 0 aliphatic carbocycles. The van der Waals surface area contributed by atoms with E-state index in [0.717, 1.165) is 16.6 Å². The van der Waals surface area contributed by atoms with Crippen molar-refractivity contribution in [2.24, 2.45) is 0 Å². The molecule has 0 amide bonds. The van der Waals surface area contributed by atoms with Gasteiger partial charge in [-0.05, 0) is 24.3 Å². The van der Waals surface area contributed by atoms with Gasteiger partial charge in [0.2, 0.25) is 0 Å². The Bertz CT molecular complexity index is 331. The maximum atomic E-state index is 8.80. The molecule has 0 saturated heterocycles. The summed E-state index contributed by atoms with van der Waals surface area (Å²) in [6.45, 7) is 0.0642. The van der Waals surface area contributed by atoms with Gasteiger partial charge in [0.05, 0.1) is 6.61 Å². The highest BCUT2D eigenvalue weighted by Crippen LogP contribution is 2.13. The fraction of sp³-hybridized carbons (Fsp3) is 0.111. The van der Waals surface area contributed by atoms with E-state index in [1.807, 2.05) is 24.3 Å². The van der Waals surface area contributed by atoms with Crippen LogP contribution in [0.4, 0.5) is 0 Å². The Labute approximate surface area is 64.5 Å². The molecule has 11 heavy (non-hydrogen) atoms. The summed E-state index contributed by atoms with van der Waals surface area (Å²) in [6.07, 6.45) is 0. The van der Waals surface area contributed by atoms with E-state index in [2.05, 4.69) is 11.1 Å². The van der Waals surface area contributed by atoms with Crippen LogP contribution in [-0.2, 0) is 6.61 Å². The number of aliphatic hydroxyl groups is 1. The molecule has 55 valence electrons. The Morgan fingerprint density at radius 3 is 3.18 bits per heavy atom. The molecule has 2 rings (SSSR count). The lowest BCUT2D eigenvalue weighted by molar-refractivity contribution is 0.278. The van der Waals surface area contributed by atoms with Crippen molar-refractivity contribution in [1.29, 1.82) is 0 Å². The second-order valence-corrected chi connectivity index (χ2v) is 2.47. The van der Waals surface area contributed by atoms with Crippen LogP contribution in [0.5, 0.6) is 0 Å². The van der Waals surface area contributed by atoms with Crippen LogP contribution in [0.1, 0.15) is 5.69 Å². The average Bonchev–Trinajstić information content (AvgIpc) is 2.46. The molecule has 0 aliphatic rings. The quantitative estimate of drug-likeness (QED) is 0.627. The summed E-state index contributed by atoms with van der Waals surface area (Å²) >= 11 is 0. The molecular weight excluding hydrogens is 138 g/mol. The van der Waals surface area contributed by atoms with Gasteiger partial charge in [-0.3, -0.25) is 0 Å². The minimum absolute atomic E-state index is 0.0642. The Morgan fingerprint density at radius 2 is 2.45 bits per heavy atom. The highest BCUT2D eigenvalue weighted by atomic mass is 16.3. The van der Waals surface area contributed by atoms with Crippen LogP contribution in [0.15, 0.2) is 24.3 Å². The number of hydrogen-bond donors (Lipinski definition) is 2. The summed E-state index contributed by atoms with van der Waals surface area (Å²) in [7, 11) is 0. The number of fused-ring (bicyclic) bond motifs is 1. The topological polar surface area (TPSA) is 36.0 Å². The lowest BCUT2D eigenvalue weighted by atomic mass is 10.2. The SMILES string of the molecule is OCc1cc2c[c]ccc2[nH]1. The first-order valence-corrected chi connectivity index (χ1v) is 3.49. The molecular formula is C9H8NO. The van der Waals surface area contributed by atoms with Crippen molar-refractivity contribution in [2.75, 3.05) is 0 Å². The minimum atomic E-state index is 0.0642. The second kappa shape index (κ2) is 2.40. The molecule has 2 aromatic rings.